The number of hydrogen-bond acceptors (Lipinski definition) is 3. The molecule has 0 saturated heterocycles. The summed E-state index contributed by atoms with van der Waals surface area (Å²) in [5.41, 5.74) is 5.40. The summed E-state index contributed by atoms with van der Waals surface area (Å²) in [6.45, 7) is 11.6. The molecule has 0 spiro atoms. The minimum absolute atomic E-state index is 0.0798. The van der Waals surface area contributed by atoms with Crippen molar-refractivity contribution in [3.05, 3.63) is 12.7 Å². The summed E-state index contributed by atoms with van der Waals surface area (Å²) in [5, 5.41) is 3.75. The minimum Gasteiger partial charge on any atom is -0.330 e. The van der Waals surface area contributed by atoms with Gasteiger partial charge in [0.2, 0.25) is 5.91 Å². The number of carbonyl (C=O) groups excluding carboxylic acids is 1. The van der Waals surface area contributed by atoms with Crippen LogP contribution in [0.4, 0.5) is 0 Å². The molecule has 0 atom stereocenters. The molecule has 0 aromatic rings. The van der Waals surface area contributed by atoms with Crippen LogP contribution in [0.15, 0.2) is 12.7 Å². The minimum atomic E-state index is 0.0798. The molecule has 0 rings (SSSR count). The zero-order valence-corrected chi connectivity index (χ0v) is 10.1. The zero-order chi connectivity index (χ0) is 11.8. The normalized spacial score (nSPS) is 10.8. The van der Waals surface area contributed by atoms with Gasteiger partial charge >= 0.3 is 0 Å². The van der Waals surface area contributed by atoms with Crippen LogP contribution in [0.1, 0.15) is 27.2 Å². The molecule has 0 aromatic heterocycles. The fourth-order valence-electron chi connectivity index (χ4n) is 1.53. The molecule has 0 unspecified atom stereocenters. The number of rotatable bonds is 7. The number of nitrogens with two attached hydrogens (primary N) is 1. The van der Waals surface area contributed by atoms with E-state index in [0.717, 1.165) is 6.54 Å². The molecule has 4 heteroatoms. The number of hydrazine groups is 1. The average molecular weight is 213 g/mol. The second-order valence-corrected chi connectivity index (χ2v) is 3.66. The van der Waals surface area contributed by atoms with Crippen LogP contribution in [-0.4, -0.2) is 41.6 Å². The third-order valence-corrected chi connectivity index (χ3v) is 2.11. The number of amides is 1. The molecule has 0 aliphatic carbocycles. The number of likely N-dealkylation sites (N-methyl/N-ethyl adjacent to an activating group) is 1. The maximum absolute atomic E-state index is 11.8. The first kappa shape index (κ1) is 14.1. The molecule has 0 saturated carbocycles. The third-order valence-electron chi connectivity index (χ3n) is 2.11. The summed E-state index contributed by atoms with van der Waals surface area (Å²) >= 11 is 0. The van der Waals surface area contributed by atoms with Gasteiger partial charge in [-0.25, -0.2) is 5.01 Å². The highest BCUT2D eigenvalue weighted by atomic mass is 16.2. The molecule has 1 amide bonds. The van der Waals surface area contributed by atoms with Crippen LogP contribution in [0.3, 0.4) is 0 Å². The Kier molecular flexibility index (Phi) is 6.99. The fraction of sp³-hybridized carbons (Fsp3) is 0.727. The Balaban J connectivity index is 4.60. The van der Waals surface area contributed by atoms with Crippen LogP contribution in [0.5, 0.6) is 0 Å². The van der Waals surface area contributed by atoms with Gasteiger partial charge in [0.15, 0.2) is 0 Å². The van der Waals surface area contributed by atoms with Crippen molar-refractivity contribution in [2.75, 3.05) is 19.6 Å². The monoisotopic (exact) mass is 213 g/mol. The first-order valence-corrected chi connectivity index (χ1v) is 5.46. The maximum atomic E-state index is 11.8. The lowest BCUT2D eigenvalue weighted by molar-refractivity contribution is -0.152. The SMILES string of the molecule is C=CCN(CC)N(C(=O)CCN)C(C)C. The van der Waals surface area contributed by atoms with Gasteiger partial charge in [0, 0.05) is 32.1 Å². The van der Waals surface area contributed by atoms with Gasteiger partial charge in [-0.2, -0.15) is 0 Å². The Morgan fingerprint density at radius 2 is 2.13 bits per heavy atom. The van der Waals surface area contributed by atoms with Gasteiger partial charge in [0.05, 0.1) is 0 Å². The van der Waals surface area contributed by atoms with Gasteiger partial charge in [0.25, 0.3) is 0 Å². The summed E-state index contributed by atoms with van der Waals surface area (Å²) in [6, 6.07) is 0.156. The Hall–Kier alpha value is -0.870. The Morgan fingerprint density at radius 1 is 1.53 bits per heavy atom. The lowest BCUT2D eigenvalue weighted by Crippen LogP contribution is -2.50. The molecule has 4 nitrogen and oxygen atoms in total. The van der Waals surface area contributed by atoms with Crippen LogP contribution in [-0.2, 0) is 4.79 Å². The average Bonchev–Trinajstić information content (AvgIpc) is 2.16. The summed E-state index contributed by atoms with van der Waals surface area (Å²) < 4.78 is 0. The molecule has 0 aliphatic heterocycles. The van der Waals surface area contributed by atoms with Gasteiger partial charge in [-0.3, -0.25) is 9.80 Å². The largest absolute Gasteiger partial charge is 0.330 e. The quantitative estimate of drug-likeness (QED) is 0.507. The van der Waals surface area contributed by atoms with Crippen molar-refractivity contribution in [2.24, 2.45) is 5.73 Å². The maximum Gasteiger partial charge on any atom is 0.238 e. The van der Waals surface area contributed by atoms with Crippen molar-refractivity contribution in [1.82, 2.24) is 10.0 Å². The first-order chi connectivity index (χ1) is 7.08. The van der Waals surface area contributed by atoms with E-state index in [0.29, 0.717) is 19.5 Å². The molecule has 2 N–H and O–H groups in total. The number of nitrogens with zero attached hydrogens (tertiary/aromatic N) is 2. The van der Waals surface area contributed by atoms with Crippen LogP contribution in [0.25, 0.3) is 0 Å². The third kappa shape index (κ3) is 4.44. The van der Waals surface area contributed by atoms with Crippen molar-refractivity contribution in [1.29, 1.82) is 0 Å². The molecule has 0 radical (unpaired) electrons. The molecular weight excluding hydrogens is 190 g/mol. The molecule has 0 fully saturated rings. The van der Waals surface area contributed by atoms with Gasteiger partial charge in [-0.05, 0) is 13.8 Å². The molecule has 0 bridgehead atoms. The summed E-state index contributed by atoms with van der Waals surface area (Å²) in [6.07, 6.45) is 2.19. The predicted octanol–water partition coefficient (Wildman–Crippen LogP) is 0.995. The summed E-state index contributed by atoms with van der Waals surface area (Å²) in [5.74, 6) is 0.0798. The van der Waals surface area contributed by atoms with E-state index in [9.17, 15) is 4.79 Å². The van der Waals surface area contributed by atoms with Gasteiger partial charge in [-0.15, -0.1) is 6.58 Å². The van der Waals surface area contributed by atoms with Gasteiger partial charge in [-0.1, -0.05) is 13.0 Å². The fourth-order valence-corrected chi connectivity index (χ4v) is 1.53. The molecular formula is C11H23N3O. The van der Waals surface area contributed by atoms with Crippen molar-refractivity contribution in [3.8, 4) is 0 Å². The topological polar surface area (TPSA) is 49.6 Å². The van der Waals surface area contributed by atoms with E-state index in [1.54, 1.807) is 11.1 Å². The second kappa shape index (κ2) is 7.43. The second-order valence-electron chi connectivity index (χ2n) is 3.66. The van der Waals surface area contributed by atoms with Crippen LogP contribution in [0, 0.1) is 0 Å². The first-order valence-electron chi connectivity index (χ1n) is 5.46. The van der Waals surface area contributed by atoms with E-state index in [1.807, 2.05) is 25.8 Å². The number of hydrogen-bond donors (Lipinski definition) is 1. The highest BCUT2D eigenvalue weighted by Gasteiger charge is 2.21. The van der Waals surface area contributed by atoms with E-state index in [1.165, 1.54) is 0 Å². The summed E-state index contributed by atoms with van der Waals surface area (Å²) in [7, 11) is 0. The standard InChI is InChI=1S/C11H23N3O/c1-5-9-13(6-2)14(10(3)4)11(15)7-8-12/h5,10H,1,6-9,12H2,2-4H3. The number of carbonyl (C=O) groups is 1. The van der Waals surface area contributed by atoms with E-state index in [4.69, 9.17) is 5.73 Å². The van der Waals surface area contributed by atoms with E-state index in [2.05, 4.69) is 6.58 Å². The van der Waals surface area contributed by atoms with Crippen LogP contribution >= 0.6 is 0 Å². The van der Waals surface area contributed by atoms with Crippen molar-refractivity contribution in [2.45, 2.75) is 33.2 Å². The van der Waals surface area contributed by atoms with E-state index >= 15 is 0 Å². The van der Waals surface area contributed by atoms with Gasteiger partial charge in [0.1, 0.15) is 0 Å². The smallest absolute Gasteiger partial charge is 0.238 e. The lowest BCUT2D eigenvalue weighted by atomic mass is 10.3. The van der Waals surface area contributed by atoms with Crippen molar-refractivity contribution in [3.63, 3.8) is 0 Å². The van der Waals surface area contributed by atoms with E-state index in [-0.39, 0.29) is 11.9 Å². The molecule has 15 heavy (non-hydrogen) atoms. The van der Waals surface area contributed by atoms with Crippen LogP contribution in [0.2, 0.25) is 0 Å². The highest BCUT2D eigenvalue weighted by Crippen LogP contribution is 2.07. The Bertz CT molecular complexity index is 204. The molecule has 0 heterocycles. The Morgan fingerprint density at radius 3 is 2.47 bits per heavy atom. The molecule has 88 valence electrons. The predicted molar refractivity (Wildman–Crippen MR) is 63.1 cm³/mol. The highest BCUT2D eigenvalue weighted by molar-refractivity contribution is 5.76. The van der Waals surface area contributed by atoms with Crippen LogP contribution < -0.4 is 5.73 Å². The zero-order valence-electron chi connectivity index (χ0n) is 10.1. The van der Waals surface area contributed by atoms with E-state index < -0.39 is 0 Å². The van der Waals surface area contributed by atoms with Crippen molar-refractivity contribution >= 4 is 5.91 Å². The summed E-state index contributed by atoms with van der Waals surface area (Å²) in [4.78, 5) is 11.8. The van der Waals surface area contributed by atoms with Crippen molar-refractivity contribution < 1.29 is 4.79 Å². The molecule has 0 aliphatic rings. The Labute approximate surface area is 92.7 Å². The van der Waals surface area contributed by atoms with Gasteiger partial charge < -0.3 is 5.73 Å². The lowest BCUT2D eigenvalue weighted by Gasteiger charge is -2.36. The molecule has 0 aromatic carbocycles.